The number of ketones is 1. The number of carbonyl (C=O) groups is 1. The lowest BCUT2D eigenvalue weighted by Crippen LogP contribution is -2.46. The van der Waals surface area contributed by atoms with Crippen molar-refractivity contribution >= 4 is 17.5 Å². The highest BCUT2D eigenvalue weighted by Gasteiger charge is 2.34. The molecule has 0 bridgehead atoms. The lowest BCUT2D eigenvalue weighted by atomic mass is 9.99. The number of rotatable bonds is 4. The summed E-state index contributed by atoms with van der Waals surface area (Å²) in [5, 5.41) is 10.7. The Labute approximate surface area is 188 Å². The third-order valence-corrected chi connectivity index (χ3v) is 6.19. The van der Waals surface area contributed by atoms with Crippen LogP contribution in [0.15, 0.2) is 72.5 Å². The SMILES string of the molecule is Cc1cc(O)c(CN2CCN(c3ccccc3)CC2)c2c1C(=O)/C(=C/c1ccccc1)O2. The zero-order chi connectivity index (χ0) is 22.1. The standard InChI is InChI=1S/C27H26N2O3/c1-19-16-23(30)22(18-28-12-14-29(15-13-28)21-10-6-3-7-11-21)27-25(19)26(31)24(32-27)17-20-8-4-2-5-9-20/h2-11,16-17,30H,12-15,18H2,1H3/b24-17-. The normalized spacial score (nSPS) is 17.5. The van der Waals surface area contributed by atoms with Gasteiger partial charge in [0.1, 0.15) is 11.5 Å². The minimum absolute atomic E-state index is 0.128. The van der Waals surface area contributed by atoms with Crippen LogP contribution in [0.4, 0.5) is 5.69 Å². The van der Waals surface area contributed by atoms with E-state index < -0.39 is 0 Å². The Balaban J connectivity index is 1.37. The van der Waals surface area contributed by atoms with Gasteiger partial charge in [0.25, 0.3) is 0 Å². The Morgan fingerprint density at radius 2 is 1.62 bits per heavy atom. The van der Waals surface area contributed by atoms with Crippen molar-refractivity contribution in [3.05, 3.63) is 94.7 Å². The van der Waals surface area contributed by atoms with Crippen molar-refractivity contribution in [2.75, 3.05) is 31.1 Å². The number of benzene rings is 3. The fourth-order valence-electron chi connectivity index (χ4n) is 4.46. The number of hydrogen-bond acceptors (Lipinski definition) is 5. The summed E-state index contributed by atoms with van der Waals surface area (Å²) in [6.45, 7) is 5.96. The molecule has 1 saturated heterocycles. The number of fused-ring (bicyclic) bond motifs is 1. The van der Waals surface area contributed by atoms with Crippen molar-refractivity contribution in [2.45, 2.75) is 13.5 Å². The number of ether oxygens (including phenoxy) is 1. The van der Waals surface area contributed by atoms with Gasteiger partial charge in [-0.05, 0) is 42.3 Å². The molecule has 0 spiro atoms. The Kier molecular flexibility index (Phi) is 5.41. The quantitative estimate of drug-likeness (QED) is 0.616. The average molecular weight is 427 g/mol. The van der Waals surface area contributed by atoms with Gasteiger partial charge >= 0.3 is 0 Å². The first-order valence-corrected chi connectivity index (χ1v) is 11.0. The Bertz CT molecular complexity index is 1160. The average Bonchev–Trinajstić information content (AvgIpc) is 3.14. The highest BCUT2D eigenvalue weighted by molar-refractivity contribution is 6.15. The van der Waals surface area contributed by atoms with Crippen molar-refractivity contribution < 1.29 is 14.6 Å². The van der Waals surface area contributed by atoms with Crippen molar-refractivity contribution in [1.29, 1.82) is 0 Å². The van der Waals surface area contributed by atoms with Gasteiger partial charge in [0.15, 0.2) is 5.76 Å². The molecule has 162 valence electrons. The molecule has 0 saturated carbocycles. The lowest BCUT2D eigenvalue weighted by molar-refractivity contribution is 0.101. The molecule has 2 aliphatic rings. The molecule has 0 radical (unpaired) electrons. The number of Topliss-reactive ketones (excluding diaryl/α,β-unsaturated/α-hetero) is 1. The monoisotopic (exact) mass is 426 g/mol. The zero-order valence-corrected chi connectivity index (χ0v) is 18.1. The molecule has 5 rings (SSSR count). The Morgan fingerprint density at radius 3 is 2.31 bits per heavy atom. The smallest absolute Gasteiger partial charge is 0.232 e. The molecular weight excluding hydrogens is 400 g/mol. The van der Waals surface area contributed by atoms with E-state index in [1.165, 1.54) is 5.69 Å². The fraction of sp³-hybridized carbons (Fsp3) is 0.222. The summed E-state index contributed by atoms with van der Waals surface area (Å²) in [6, 6.07) is 21.8. The summed E-state index contributed by atoms with van der Waals surface area (Å²) in [5.74, 6) is 0.854. The van der Waals surface area contributed by atoms with E-state index in [1.54, 1.807) is 12.1 Å². The van der Waals surface area contributed by atoms with Gasteiger partial charge in [-0.25, -0.2) is 0 Å². The summed E-state index contributed by atoms with van der Waals surface area (Å²) in [4.78, 5) is 17.8. The number of aryl methyl sites for hydroxylation is 1. The van der Waals surface area contributed by atoms with E-state index >= 15 is 0 Å². The van der Waals surface area contributed by atoms with Gasteiger partial charge in [-0.15, -0.1) is 0 Å². The van der Waals surface area contributed by atoms with Gasteiger partial charge in [-0.1, -0.05) is 48.5 Å². The molecule has 5 nitrogen and oxygen atoms in total. The van der Waals surface area contributed by atoms with Crippen molar-refractivity contribution in [3.63, 3.8) is 0 Å². The Hall–Kier alpha value is -3.57. The van der Waals surface area contributed by atoms with E-state index in [-0.39, 0.29) is 11.5 Å². The minimum Gasteiger partial charge on any atom is -0.507 e. The van der Waals surface area contributed by atoms with Crippen LogP contribution in [0, 0.1) is 6.92 Å². The van der Waals surface area contributed by atoms with Crippen molar-refractivity contribution in [3.8, 4) is 11.5 Å². The predicted molar refractivity (Wildman–Crippen MR) is 126 cm³/mol. The molecule has 2 aliphatic heterocycles. The molecule has 5 heteroatoms. The van der Waals surface area contributed by atoms with Gasteiger partial charge in [0.05, 0.1) is 11.1 Å². The van der Waals surface area contributed by atoms with E-state index in [4.69, 9.17) is 4.74 Å². The number of aromatic hydroxyl groups is 1. The van der Waals surface area contributed by atoms with Crippen LogP contribution < -0.4 is 9.64 Å². The first kappa shape index (κ1) is 20.3. The maximum atomic E-state index is 13.1. The van der Waals surface area contributed by atoms with Gasteiger partial charge in [0.2, 0.25) is 5.78 Å². The van der Waals surface area contributed by atoms with Crippen molar-refractivity contribution in [2.24, 2.45) is 0 Å². The van der Waals surface area contributed by atoms with Crippen LogP contribution >= 0.6 is 0 Å². The second kappa shape index (κ2) is 8.52. The maximum absolute atomic E-state index is 13.1. The molecule has 0 aromatic heterocycles. The van der Waals surface area contributed by atoms with Crippen LogP contribution in [-0.4, -0.2) is 42.0 Å². The summed E-state index contributed by atoms with van der Waals surface area (Å²) in [7, 11) is 0. The van der Waals surface area contributed by atoms with Crippen LogP contribution in [-0.2, 0) is 6.54 Å². The van der Waals surface area contributed by atoms with Crippen LogP contribution in [0.5, 0.6) is 11.5 Å². The minimum atomic E-state index is -0.128. The molecule has 0 unspecified atom stereocenters. The van der Waals surface area contributed by atoms with Crippen LogP contribution in [0.2, 0.25) is 0 Å². The maximum Gasteiger partial charge on any atom is 0.232 e. The fourth-order valence-corrected chi connectivity index (χ4v) is 4.46. The van der Waals surface area contributed by atoms with Crippen molar-refractivity contribution in [1.82, 2.24) is 4.90 Å². The molecule has 32 heavy (non-hydrogen) atoms. The van der Waals surface area contributed by atoms with E-state index in [2.05, 4.69) is 34.1 Å². The highest BCUT2D eigenvalue weighted by atomic mass is 16.5. The second-order valence-electron chi connectivity index (χ2n) is 8.34. The van der Waals surface area contributed by atoms with Gasteiger partial charge in [-0.2, -0.15) is 0 Å². The predicted octanol–water partition coefficient (Wildman–Crippen LogP) is 4.64. The molecule has 1 N–H and O–H groups in total. The van der Waals surface area contributed by atoms with E-state index in [9.17, 15) is 9.90 Å². The van der Waals surface area contributed by atoms with Crippen LogP contribution in [0.3, 0.4) is 0 Å². The number of phenolic OH excluding ortho intramolecular Hbond substituents is 1. The molecule has 0 amide bonds. The number of piperazine rings is 1. The van der Waals surface area contributed by atoms with Crippen LogP contribution in [0.1, 0.15) is 27.0 Å². The third kappa shape index (κ3) is 3.87. The molecular formula is C27H26N2O3. The number of allylic oxidation sites excluding steroid dienone is 1. The summed E-state index contributed by atoms with van der Waals surface area (Å²) in [5.41, 5.74) is 4.11. The molecule has 2 heterocycles. The summed E-state index contributed by atoms with van der Waals surface area (Å²) >= 11 is 0. The van der Waals surface area contributed by atoms with Gasteiger partial charge in [0, 0.05) is 38.4 Å². The number of para-hydroxylation sites is 1. The molecule has 1 fully saturated rings. The first-order valence-electron chi connectivity index (χ1n) is 11.0. The molecule has 3 aromatic carbocycles. The largest absolute Gasteiger partial charge is 0.507 e. The first-order chi connectivity index (χ1) is 15.6. The molecule has 0 atom stereocenters. The number of anilines is 1. The summed E-state index contributed by atoms with van der Waals surface area (Å²) < 4.78 is 6.06. The molecule has 3 aromatic rings. The number of carbonyl (C=O) groups excluding carboxylic acids is 1. The number of nitrogens with zero attached hydrogens (tertiary/aromatic N) is 2. The van der Waals surface area contributed by atoms with E-state index in [0.717, 1.165) is 37.3 Å². The van der Waals surface area contributed by atoms with Gasteiger partial charge < -0.3 is 14.7 Å². The van der Waals surface area contributed by atoms with Crippen LogP contribution in [0.25, 0.3) is 6.08 Å². The summed E-state index contributed by atoms with van der Waals surface area (Å²) in [6.07, 6.45) is 1.77. The third-order valence-electron chi connectivity index (χ3n) is 6.19. The topological polar surface area (TPSA) is 53.0 Å². The Morgan fingerprint density at radius 1 is 0.969 bits per heavy atom. The zero-order valence-electron chi connectivity index (χ0n) is 18.1. The van der Waals surface area contributed by atoms with Gasteiger partial charge in [-0.3, -0.25) is 9.69 Å². The lowest BCUT2D eigenvalue weighted by Gasteiger charge is -2.36. The highest BCUT2D eigenvalue weighted by Crippen LogP contribution is 2.42. The number of phenols is 1. The number of hydrogen-bond donors (Lipinski definition) is 1. The van der Waals surface area contributed by atoms with E-state index in [0.29, 0.717) is 29.2 Å². The van der Waals surface area contributed by atoms with E-state index in [1.807, 2.05) is 43.3 Å². The second-order valence-corrected chi connectivity index (χ2v) is 8.34. The molecule has 0 aliphatic carbocycles.